The minimum atomic E-state index is -0.0736. The molecule has 100 valence electrons. The van der Waals surface area contributed by atoms with Crippen molar-refractivity contribution < 1.29 is 4.39 Å². The van der Waals surface area contributed by atoms with Crippen LogP contribution in [0.3, 0.4) is 0 Å². The van der Waals surface area contributed by atoms with Gasteiger partial charge in [0.15, 0.2) is 0 Å². The predicted octanol–water partition coefficient (Wildman–Crippen LogP) is 3.84. The van der Waals surface area contributed by atoms with E-state index >= 15 is 0 Å². The predicted molar refractivity (Wildman–Crippen MR) is 74.3 cm³/mol. The third kappa shape index (κ3) is 3.55. The van der Waals surface area contributed by atoms with E-state index in [0.29, 0.717) is 6.04 Å². The van der Waals surface area contributed by atoms with Crippen molar-refractivity contribution in [2.75, 3.05) is 6.54 Å². The zero-order valence-electron chi connectivity index (χ0n) is 11.5. The number of aryl methyl sites for hydroxylation is 2. The third-order valence-electron chi connectivity index (χ3n) is 4.20. The summed E-state index contributed by atoms with van der Waals surface area (Å²) in [5, 5.41) is 3.59. The Balaban J connectivity index is 1.85. The topological polar surface area (TPSA) is 12.0 Å². The smallest absolute Gasteiger partial charge is 0.126 e. The summed E-state index contributed by atoms with van der Waals surface area (Å²) in [6.45, 7) is 5.24. The van der Waals surface area contributed by atoms with Gasteiger partial charge in [-0.3, -0.25) is 0 Å². The lowest BCUT2D eigenvalue weighted by molar-refractivity contribution is 0.285. The SMILES string of the molecule is CCC1CCNC(CCc2ccc(C)c(F)c2)C1. The van der Waals surface area contributed by atoms with Gasteiger partial charge in [-0.25, -0.2) is 4.39 Å². The molecule has 1 aromatic carbocycles. The van der Waals surface area contributed by atoms with Gasteiger partial charge < -0.3 is 5.32 Å². The van der Waals surface area contributed by atoms with E-state index in [4.69, 9.17) is 0 Å². The average Bonchev–Trinajstić information content (AvgIpc) is 2.40. The Morgan fingerprint density at radius 3 is 2.94 bits per heavy atom. The molecule has 0 saturated carbocycles. The fourth-order valence-corrected chi connectivity index (χ4v) is 2.82. The summed E-state index contributed by atoms with van der Waals surface area (Å²) in [7, 11) is 0. The summed E-state index contributed by atoms with van der Waals surface area (Å²) < 4.78 is 13.4. The lowest BCUT2D eigenvalue weighted by Gasteiger charge is -2.29. The molecule has 18 heavy (non-hydrogen) atoms. The second kappa shape index (κ2) is 6.33. The van der Waals surface area contributed by atoms with Gasteiger partial charge in [-0.2, -0.15) is 0 Å². The number of halogens is 1. The van der Waals surface area contributed by atoms with Crippen LogP contribution in [-0.4, -0.2) is 12.6 Å². The Labute approximate surface area is 110 Å². The van der Waals surface area contributed by atoms with E-state index < -0.39 is 0 Å². The van der Waals surface area contributed by atoms with E-state index in [2.05, 4.69) is 18.3 Å². The van der Waals surface area contributed by atoms with Crippen molar-refractivity contribution in [3.63, 3.8) is 0 Å². The van der Waals surface area contributed by atoms with Crippen molar-refractivity contribution in [2.24, 2.45) is 5.92 Å². The van der Waals surface area contributed by atoms with Gasteiger partial charge in [-0.15, -0.1) is 0 Å². The average molecular weight is 249 g/mol. The van der Waals surface area contributed by atoms with Crippen LogP contribution in [0.25, 0.3) is 0 Å². The van der Waals surface area contributed by atoms with Crippen molar-refractivity contribution in [3.05, 3.63) is 35.1 Å². The molecule has 2 rings (SSSR count). The molecule has 2 heteroatoms. The molecular weight excluding hydrogens is 225 g/mol. The molecule has 1 nitrogen and oxygen atoms in total. The zero-order chi connectivity index (χ0) is 13.0. The summed E-state index contributed by atoms with van der Waals surface area (Å²) in [4.78, 5) is 0. The highest BCUT2D eigenvalue weighted by atomic mass is 19.1. The first-order valence-electron chi connectivity index (χ1n) is 7.17. The van der Waals surface area contributed by atoms with Gasteiger partial charge in [0.25, 0.3) is 0 Å². The molecule has 0 spiro atoms. The van der Waals surface area contributed by atoms with Crippen molar-refractivity contribution >= 4 is 0 Å². The molecule has 2 atom stereocenters. The van der Waals surface area contributed by atoms with Gasteiger partial charge in [0.05, 0.1) is 0 Å². The molecule has 0 amide bonds. The summed E-state index contributed by atoms with van der Waals surface area (Å²) in [6.07, 6.45) is 5.98. The summed E-state index contributed by atoms with van der Waals surface area (Å²) in [5.41, 5.74) is 1.86. The van der Waals surface area contributed by atoms with E-state index in [0.717, 1.165) is 36.4 Å². The van der Waals surface area contributed by atoms with Gasteiger partial charge >= 0.3 is 0 Å². The van der Waals surface area contributed by atoms with Crippen molar-refractivity contribution in [3.8, 4) is 0 Å². The van der Waals surface area contributed by atoms with Crippen LogP contribution in [0.1, 0.15) is 43.7 Å². The van der Waals surface area contributed by atoms with Crippen molar-refractivity contribution in [2.45, 2.75) is 52.0 Å². The Morgan fingerprint density at radius 1 is 1.39 bits per heavy atom. The lowest BCUT2D eigenvalue weighted by Crippen LogP contribution is -2.38. The number of benzene rings is 1. The quantitative estimate of drug-likeness (QED) is 0.854. The maximum atomic E-state index is 13.4. The molecule has 1 heterocycles. The molecule has 1 saturated heterocycles. The fraction of sp³-hybridized carbons (Fsp3) is 0.625. The third-order valence-corrected chi connectivity index (χ3v) is 4.20. The molecule has 0 radical (unpaired) electrons. The molecule has 1 fully saturated rings. The highest BCUT2D eigenvalue weighted by Crippen LogP contribution is 2.22. The number of hydrogen-bond acceptors (Lipinski definition) is 1. The standard InChI is InChI=1S/C16H24FN/c1-3-13-8-9-18-15(10-13)7-6-14-5-4-12(2)16(17)11-14/h4-5,11,13,15,18H,3,6-10H2,1-2H3. The van der Waals surface area contributed by atoms with E-state index in [1.165, 1.54) is 19.3 Å². The van der Waals surface area contributed by atoms with E-state index in [-0.39, 0.29) is 5.82 Å². The largest absolute Gasteiger partial charge is 0.314 e. The number of hydrogen-bond donors (Lipinski definition) is 1. The highest BCUT2D eigenvalue weighted by Gasteiger charge is 2.19. The fourth-order valence-electron chi connectivity index (χ4n) is 2.82. The minimum Gasteiger partial charge on any atom is -0.314 e. The zero-order valence-corrected chi connectivity index (χ0v) is 11.5. The minimum absolute atomic E-state index is 0.0736. The molecule has 0 bridgehead atoms. The molecule has 0 aromatic heterocycles. The van der Waals surface area contributed by atoms with Gasteiger partial charge in [0.1, 0.15) is 5.82 Å². The molecular formula is C16H24FN. The molecule has 1 aliphatic rings. The summed E-state index contributed by atoms with van der Waals surface area (Å²) >= 11 is 0. The monoisotopic (exact) mass is 249 g/mol. The highest BCUT2D eigenvalue weighted by molar-refractivity contribution is 5.23. The number of piperidine rings is 1. The van der Waals surface area contributed by atoms with Crippen LogP contribution in [-0.2, 0) is 6.42 Å². The van der Waals surface area contributed by atoms with Gasteiger partial charge in [-0.05, 0) is 62.3 Å². The molecule has 1 aromatic rings. The Morgan fingerprint density at radius 2 is 2.22 bits per heavy atom. The Hall–Kier alpha value is -0.890. The molecule has 1 aliphatic heterocycles. The second-order valence-corrected chi connectivity index (χ2v) is 5.57. The van der Waals surface area contributed by atoms with E-state index in [9.17, 15) is 4.39 Å². The number of rotatable bonds is 4. The van der Waals surface area contributed by atoms with E-state index in [1.54, 1.807) is 6.07 Å². The van der Waals surface area contributed by atoms with Crippen LogP contribution in [0.5, 0.6) is 0 Å². The molecule has 1 N–H and O–H groups in total. The van der Waals surface area contributed by atoms with Crippen LogP contribution in [0.2, 0.25) is 0 Å². The van der Waals surface area contributed by atoms with Crippen molar-refractivity contribution in [1.29, 1.82) is 0 Å². The summed E-state index contributed by atoms with van der Waals surface area (Å²) in [6, 6.07) is 6.25. The first-order chi connectivity index (χ1) is 8.69. The maximum Gasteiger partial charge on any atom is 0.126 e. The molecule has 2 unspecified atom stereocenters. The van der Waals surface area contributed by atoms with Crippen LogP contribution in [0.4, 0.5) is 4.39 Å². The van der Waals surface area contributed by atoms with Gasteiger partial charge in [0, 0.05) is 6.04 Å². The Kier molecular flexibility index (Phi) is 4.76. The van der Waals surface area contributed by atoms with Gasteiger partial charge in [0.2, 0.25) is 0 Å². The molecule has 0 aliphatic carbocycles. The number of nitrogens with one attached hydrogen (secondary N) is 1. The van der Waals surface area contributed by atoms with Crippen molar-refractivity contribution in [1.82, 2.24) is 5.32 Å². The van der Waals surface area contributed by atoms with Gasteiger partial charge in [-0.1, -0.05) is 25.5 Å². The Bertz CT molecular complexity index is 389. The first-order valence-corrected chi connectivity index (χ1v) is 7.17. The van der Waals surface area contributed by atoms with Crippen LogP contribution >= 0.6 is 0 Å². The normalized spacial score (nSPS) is 24.2. The van der Waals surface area contributed by atoms with Crippen LogP contribution in [0, 0.1) is 18.7 Å². The van der Waals surface area contributed by atoms with Crippen LogP contribution in [0.15, 0.2) is 18.2 Å². The first kappa shape index (κ1) is 13.5. The maximum absolute atomic E-state index is 13.4. The second-order valence-electron chi connectivity index (χ2n) is 5.57. The van der Waals surface area contributed by atoms with Crippen LogP contribution < -0.4 is 5.32 Å². The van der Waals surface area contributed by atoms with E-state index in [1.807, 2.05) is 13.0 Å². The lowest BCUT2D eigenvalue weighted by atomic mass is 9.88. The summed E-state index contributed by atoms with van der Waals surface area (Å²) in [5.74, 6) is 0.807.